The van der Waals surface area contributed by atoms with E-state index in [-0.39, 0.29) is 23.5 Å². The Morgan fingerprint density at radius 2 is 2.03 bits per heavy atom. The molecule has 3 aromatic rings. The van der Waals surface area contributed by atoms with Crippen molar-refractivity contribution < 1.29 is 4.79 Å². The molecule has 8 nitrogen and oxygen atoms in total. The molecule has 1 amide bonds. The highest BCUT2D eigenvalue weighted by molar-refractivity contribution is 7.97. The van der Waals surface area contributed by atoms with Gasteiger partial charge in [-0.25, -0.2) is 9.97 Å². The molecule has 0 bridgehead atoms. The van der Waals surface area contributed by atoms with Gasteiger partial charge in [-0.1, -0.05) is 43.0 Å². The Kier molecular flexibility index (Phi) is 8.05. The van der Waals surface area contributed by atoms with Crippen molar-refractivity contribution in [1.29, 1.82) is 5.41 Å². The van der Waals surface area contributed by atoms with E-state index in [0.717, 1.165) is 30.4 Å². The van der Waals surface area contributed by atoms with Gasteiger partial charge in [-0.2, -0.15) is 0 Å². The van der Waals surface area contributed by atoms with Gasteiger partial charge in [0.2, 0.25) is 5.91 Å². The topological polar surface area (TPSA) is 120 Å². The summed E-state index contributed by atoms with van der Waals surface area (Å²) < 4.78 is 3.49. The molecule has 2 aliphatic rings. The first-order valence-corrected chi connectivity index (χ1v) is 13.8. The van der Waals surface area contributed by atoms with Crippen molar-refractivity contribution in [1.82, 2.24) is 19.6 Å². The lowest BCUT2D eigenvalue weighted by Crippen LogP contribution is -2.44. The zero-order valence-corrected chi connectivity index (χ0v) is 22.2. The van der Waals surface area contributed by atoms with Crippen LogP contribution in [0.15, 0.2) is 66.3 Å². The lowest BCUT2D eigenvalue weighted by atomic mass is 10.0. The van der Waals surface area contributed by atoms with Gasteiger partial charge in [-0.15, -0.1) is 0 Å². The molecule has 1 aliphatic heterocycles. The zero-order chi connectivity index (χ0) is 26.5. The standard InChI is InChI=1S/C29H33N7OS/c1-2-25(37)36-15-5-8-22(17-36)35-29-26(28(31)32-18-33-29)27(30)21-13-11-19(12-14-21)16-34-38-24-10-4-7-20-6-3-9-23(20)24/h2,4,7,10-14,18,22,30,34H,1,3,5-6,8-9,15-17H2,(H3,31,32,33,35). The Morgan fingerprint density at radius 3 is 2.84 bits per heavy atom. The molecular formula is C29H33N7OS. The van der Waals surface area contributed by atoms with Crippen molar-refractivity contribution in [3.8, 4) is 0 Å². The van der Waals surface area contributed by atoms with Gasteiger partial charge in [-0.05, 0) is 72.9 Å². The number of likely N-dealkylation sites (tertiary alicyclic amines) is 1. The van der Waals surface area contributed by atoms with E-state index in [0.29, 0.717) is 31.0 Å². The van der Waals surface area contributed by atoms with Crippen LogP contribution in [0, 0.1) is 5.41 Å². The summed E-state index contributed by atoms with van der Waals surface area (Å²) in [4.78, 5) is 23.7. The third kappa shape index (κ3) is 5.74. The van der Waals surface area contributed by atoms with Crippen LogP contribution in [0.5, 0.6) is 0 Å². The molecular weight excluding hydrogens is 494 g/mol. The number of piperidine rings is 1. The minimum Gasteiger partial charge on any atom is -0.383 e. The molecule has 2 aromatic carbocycles. The summed E-state index contributed by atoms with van der Waals surface area (Å²) in [5, 5.41) is 12.3. The zero-order valence-electron chi connectivity index (χ0n) is 21.4. The molecule has 0 radical (unpaired) electrons. The number of aryl methyl sites for hydroxylation is 1. The molecule has 1 aliphatic carbocycles. The first kappa shape index (κ1) is 25.9. The summed E-state index contributed by atoms with van der Waals surface area (Å²) >= 11 is 1.69. The maximum Gasteiger partial charge on any atom is 0.246 e. The van der Waals surface area contributed by atoms with Crippen LogP contribution in [0.4, 0.5) is 11.6 Å². The smallest absolute Gasteiger partial charge is 0.246 e. The number of hydrogen-bond donors (Lipinski definition) is 4. The second kappa shape index (κ2) is 11.8. The van der Waals surface area contributed by atoms with Crippen LogP contribution in [0.3, 0.4) is 0 Å². The first-order valence-electron chi connectivity index (χ1n) is 13.0. The highest BCUT2D eigenvalue weighted by Gasteiger charge is 2.25. The van der Waals surface area contributed by atoms with Crippen molar-refractivity contribution in [3.05, 3.63) is 89.3 Å². The monoisotopic (exact) mass is 527 g/mol. The Bertz CT molecular complexity index is 1340. The predicted molar refractivity (Wildman–Crippen MR) is 153 cm³/mol. The average Bonchev–Trinajstić information content (AvgIpc) is 3.43. The van der Waals surface area contributed by atoms with Crippen LogP contribution < -0.4 is 15.8 Å². The van der Waals surface area contributed by atoms with Crippen molar-refractivity contribution in [3.63, 3.8) is 0 Å². The Balaban J connectivity index is 1.24. The maximum atomic E-state index is 12.1. The number of nitrogens with one attached hydrogen (secondary N) is 3. The van der Waals surface area contributed by atoms with Gasteiger partial charge in [0.15, 0.2) is 0 Å². The quantitative estimate of drug-likeness (QED) is 0.186. The molecule has 1 aromatic heterocycles. The molecule has 38 heavy (non-hydrogen) atoms. The first-order chi connectivity index (χ1) is 18.5. The van der Waals surface area contributed by atoms with Crippen molar-refractivity contribution in [2.45, 2.75) is 49.6 Å². The molecule has 1 fully saturated rings. The van der Waals surface area contributed by atoms with Crippen LogP contribution >= 0.6 is 11.9 Å². The number of nitrogens with zero attached hydrogens (tertiary/aromatic N) is 3. The van der Waals surface area contributed by atoms with E-state index in [2.05, 4.69) is 44.8 Å². The summed E-state index contributed by atoms with van der Waals surface area (Å²) in [5.41, 5.74) is 11.8. The predicted octanol–water partition coefficient (Wildman–Crippen LogP) is 4.35. The molecule has 1 unspecified atom stereocenters. The minimum absolute atomic E-state index is 0.00490. The fraction of sp³-hybridized carbons (Fsp3) is 0.310. The van der Waals surface area contributed by atoms with E-state index in [1.54, 1.807) is 16.8 Å². The highest BCUT2D eigenvalue weighted by atomic mass is 32.2. The summed E-state index contributed by atoms with van der Waals surface area (Å²) in [6, 6.07) is 14.5. The van der Waals surface area contributed by atoms with Gasteiger partial charge in [0.25, 0.3) is 0 Å². The molecule has 5 rings (SSSR count). The molecule has 196 valence electrons. The van der Waals surface area contributed by atoms with E-state index in [1.165, 1.54) is 41.3 Å². The number of fused-ring (bicyclic) bond motifs is 1. The lowest BCUT2D eigenvalue weighted by Gasteiger charge is -2.33. The fourth-order valence-corrected chi connectivity index (χ4v) is 6.08. The number of nitrogens with two attached hydrogens (primary N) is 1. The van der Waals surface area contributed by atoms with E-state index in [9.17, 15) is 4.79 Å². The molecule has 5 N–H and O–H groups in total. The summed E-state index contributed by atoms with van der Waals surface area (Å²) in [6.45, 7) is 5.57. The van der Waals surface area contributed by atoms with Gasteiger partial charge in [0, 0.05) is 36.1 Å². The second-order valence-electron chi connectivity index (χ2n) is 9.70. The number of nitrogen functional groups attached to an aromatic ring is 1. The van der Waals surface area contributed by atoms with Gasteiger partial charge >= 0.3 is 0 Å². The molecule has 2 heterocycles. The van der Waals surface area contributed by atoms with Crippen molar-refractivity contribution >= 4 is 35.2 Å². The normalized spacial score (nSPS) is 16.6. The number of hydrogen-bond acceptors (Lipinski definition) is 8. The SMILES string of the molecule is C=CC(=O)N1CCCC(Nc2ncnc(N)c2C(=N)c2ccc(CNSc3cccc4c3CCC4)cc2)C1. The van der Waals surface area contributed by atoms with Crippen LogP contribution in [0.1, 0.15) is 47.1 Å². The third-order valence-corrected chi connectivity index (χ3v) is 8.07. The van der Waals surface area contributed by atoms with Crippen LogP contribution in [0.2, 0.25) is 0 Å². The number of rotatable bonds is 9. The van der Waals surface area contributed by atoms with E-state index >= 15 is 0 Å². The minimum atomic E-state index is -0.0766. The molecule has 1 atom stereocenters. The van der Waals surface area contributed by atoms with E-state index < -0.39 is 0 Å². The van der Waals surface area contributed by atoms with Gasteiger partial charge < -0.3 is 16.0 Å². The van der Waals surface area contributed by atoms with E-state index in [1.807, 2.05) is 24.3 Å². The number of carbonyl (C=O) groups excluding carboxylic acids is 1. The Labute approximate surface area is 227 Å². The highest BCUT2D eigenvalue weighted by Crippen LogP contribution is 2.31. The fourth-order valence-electron chi connectivity index (χ4n) is 5.18. The van der Waals surface area contributed by atoms with Crippen LogP contribution in [-0.2, 0) is 24.2 Å². The van der Waals surface area contributed by atoms with Crippen LogP contribution in [-0.4, -0.2) is 45.6 Å². The Hall–Kier alpha value is -3.69. The van der Waals surface area contributed by atoms with Gasteiger partial charge in [0.05, 0.1) is 11.3 Å². The largest absolute Gasteiger partial charge is 0.383 e. The Morgan fingerprint density at radius 1 is 1.18 bits per heavy atom. The second-order valence-corrected chi connectivity index (χ2v) is 10.6. The van der Waals surface area contributed by atoms with Crippen molar-refractivity contribution in [2.24, 2.45) is 0 Å². The number of aromatic nitrogens is 2. The van der Waals surface area contributed by atoms with Gasteiger partial charge in [0.1, 0.15) is 18.0 Å². The third-order valence-electron chi connectivity index (χ3n) is 7.18. The summed E-state index contributed by atoms with van der Waals surface area (Å²) in [6.07, 6.45) is 8.10. The number of benzene rings is 2. The average molecular weight is 528 g/mol. The molecule has 0 spiro atoms. The summed E-state index contributed by atoms with van der Waals surface area (Å²) in [5.74, 6) is 0.685. The number of amides is 1. The van der Waals surface area contributed by atoms with Crippen LogP contribution in [0.25, 0.3) is 0 Å². The summed E-state index contributed by atoms with van der Waals surface area (Å²) in [7, 11) is 0. The lowest BCUT2D eigenvalue weighted by molar-refractivity contribution is -0.127. The van der Waals surface area contributed by atoms with Crippen molar-refractivity contribution in [2.75, 3.05) is 24.1 Å². The number of carbonyl (C=O) groups is 1. The number of anilines is 2. The molecule has 0 saturated carbocycles. The van der Waals surface area contributed by atoms with Gasteiger partial charge in [-0.3, -0.25) is 14.9 Å². The van der Waals surface area contributed by atoms with E-state index in [4.69, 9.17) is 11.1 Å². The molecule has 1 saturated heterocycles. The maximum absolute atomic E-state index is 12.1. The molecule has 9 heteroatoms.